The molecule has 2 N–H and O–H groups in total. The molecule has 1 aliphatic heterocycles. The van der Waals surface area contributed by atoms with E-state index < -0.39 is 11.7 Å². The predicted octanol–water partition coefficient (Wildman–Crippen LogP) is 0.408. The maximum atomic E-state index is 9.89. The third-order valence-electron chi connectivity index (χ3n) is 3.50. The van der Waals surface area contributed by atoms with Crippen molar-refractivity contribution < 1.29 is 14.9 Å². The van der Waals surface area contributed by atoms with Gasteiger partial charge in [-0.25, -0.2) is 4.98 Å². The number of aliphatic hydroxyl groups excluding tert-OH is 1. The molecule has 1 saturated heterocycles. The zero-order chi connectivity index (χ0) is 13.2. The molecule has 18 heavy (non-hydrogen) atoms. The molecule has 0 saturated carbocycles. The fourth-order valence-electron chi connectivity index (χ4n) is 2.11. The highest BCUT2D eigenvalue weighted by molar-refractivity contribution is 5.17. The molecule has 1 aromatic rings. The second kappa shape index (κ2) is 5.22. The molecule has 0 amide bonds. The van der Waals surface area contributed by atoms with Crippen molar-refractivity contribution in [2.24, 2.45) is 0 Å². The number of ether oxygens (including phenoxy) is 1. The summed E-state index contributed by atoms with van der Waals surface area (Å²) >= 11 is 0. The number of likely N-dealkylation sites (tertiary alicyclic amines) is 1. The summed E-state index contributed by atoms with van der Waals surface area (Å²) in [6.07, 6.45) is 1.66. The molecule has 2 atom stereocenters. The van der Waals surface area contributed by atoms with E-state index in [1.807, 2.05) is 12.1 Å². The molecule has 2 rings (SSSR count). The molecule has 1 aliphatic rings. The Balaban J connectivity index is 1.94. The smallest absolute Gasteiger partial charge is 0.212 e. The molecule has 1 aromatic heterocycles. The standard InChI is InChI=1S/C13H20N2O3/c1-13(17)5-6-15(9-11(13)16)8-10-3-4-12(18-2)14-7-10/h3-4,7,11,16-17H,5-6,8-9H2,1-2H3/t11-,13-/m0/s1. The fraction of sp³-hybridized carbons (Fsp3) is 0.615. The first kappa shape index (κ1) is 13.3. The number of aromatic nitrogens is 1. The summed E-state index contributed by atoms with van der Waals surface area (Å²) in [5.41, 5.74) is 0.110. The molecule has 0 aliphatic carbocycles. The van der Waals surface area contributed by atoms with Crippen LogP contribution in [0.3, 0.4) is 0 Å². The fourth-order valence-corrected chi connectivity index (χ4v) is 2.11. The Morgan fingerprint density at radius 3 is 2.89 bits per heavy atom. The van der Waals surface area contributed by atoms with Crippen molar-refractivity contribution in [3.05, 3.63) is 23.9 Å². The Bertz CT molecular complexity index is 392. The lowest BCUT2D eigenvalue weighted by molar-refractivity contribution is -0.108. The quantitative estimate of drug-likeness (QED) is 0.815. The van der Waals surface area contributed by atoms with Gasteiger partial charge in [0, 0.05) is 31.9 Å². The molecular formula is C13H20N2O3. The number of rotatable bonds is 3. The lowest BCUT2D eigenvalue weighted by Gasteiger charge is -2.39. The molecular weight excluding hydrogens is 232 g/mol. The number of aliphatic hydroxyl groups is 2. The van der Waals surface area contributed by atoms with Gasteiger partial charge in [0.05, 0.1) is 18.8 Å². The van der Waals surface area contributed by atoms with Crippen LogP contribution < -0.4 is 4.74 Å². The van der Waals surface area contributed by atoms with Crippen molar-refractivity contribution in [3.8, 4) is 5.88 Å². The van der Waals surface area contributed by atoms with Gasteiger partial charge in [-0.15, -0.1) is 0 Å². The van der Waals surface area contributed by atoms with E-state index in [4.69, 9.17) is 4.74 Å². The molecule has 0 spiro atoms. The molecule has 5 heteroatoms. The Morgan fingerprint density at radius 1 is 1.56 bits per heavy atom. The Kier molecular flexibility index (Phi) is 3.85. The van der Waals surface area contributed by atoms with E-state index in [9.17, 15) is 10.2 Å². The normalized spacial score (nSPS) is 29.2. The van der Waals surface area contributed by atoms with E-state index in [1.165, 1.54) is 0 Å². The Morgan fingerprint density at radius 2 is 2.33 bits per heavy atom. The number of piperidine rings is 1. The van der Waals surface area contributed by atoms with Gasteiger partial charge in [0.25, 0.3) is 0 Å². The summed E-state index contributed by atoms with van der Waals surface area (Å²) in [5.74, 6) is 0.598. The van der Waals surface area contributed by atoms with Crippen LogP contribution in [0.4, 0.5) is 0 Å². The van der Waals surface area contributed by atoms with Gasteiger partial charge in [-0.3, -0.25) is 4.90 Å². The number of methoxy groups -OCH3 is 1. The predicted molar refractivity (Wildman–Crippen MR) is 67.3 cm³/mol. The van der Waals surface area contributed by atoms with Crippen molar-refractivity contribution in [2.75, 3.05) is 20.2 Å². The molecule has 0 radical (unpaired) electrons. The van der Waals surface area contributed by atoms with Gasteiger partial charge in [0.1, 0.15) is 0 Å². The molecule has 1 fully saturated rings. The maximum absolute atomic E-state index is 9.89. The lowest BCUT2D eigenvalue weighted by atomic mass is 9.90. The van der Waals surface area contributed by atoms with E-state index in [0.717, 1.165) is 18.7 Å². The van der Waals surface area contributed by atoms with Crippen LogP contribution >= 0.6 is 0 Å². The maximum Gasteiger partial charge on any atom is 0.212 e. The van der Waals surface area contributed by atoms with Crippen LogP contribution in [0.15, 0.2) is 18.3 Å². The van der Waals surface area contributed by atoms with Gasteiger partial charge in [-0.1, -0.05) is 6.07 Å². The van der Waals surface area contributed by atoms with Crippen LogP contribution in [-0.2, 0) is 6.54 Å². The third-order valence-corrected chi connectivity index (χ3v) is 3.50. The summed E-state index contributed by atoms with van der Waals surface area (Å²) in [6.45, 7) is 3.67. The van der Waals surface area contributed by atoms with E-state index in [1.54, 1.807) is 20.2 Å². The van der Waals surface area contributed by atoms with Gasteiger partial charge in [-0.05, 0) is 18.9 Å². The van der Waals surface area contributed by atoms with Crippen molar-refractivity contribution in [1.82, 2.24) is 9.88 Å². The first-order valence-electron chi connectivity index (χ1n) is 6.13. The molecule has 0 aromatic carbocycles. The summed E-state index contributed by atoms with van der Waals surface area (Å²) in [4.78, 5) is 6.27. The average Bonchev–Trinajstić information content (AvgIpc) is 2.35. The van der Waals surface area contributed by atoms with Crippen molar-refractivity contribution >= 4 is 0 Å². The summed E-state index contributed by atoms with van der Waals surface area (Å²) < 4.78 is 5.01. The lowest BCUT2D eigenvalue weighted by Crippen LogP contribution is -2.53. The molecule has 0 unspecified atom stereocenters. The monoisotopic (exact) mass is 252 g/mol. The summed E-state index contributed by atoms with van der Waals surface area (Å²) in [7, 11) is 1.59. The minimum absolute atomic E-state index is 0.485. The van der Waals surface area contributed by atoms with Gasteiger partial charge in [0.15, 0.2) is 0 Å². The van der Waals surface area contributed by atoms with Crippen LogP contribution in [0.5, 0.6) is 5.88 Å². The average molecular weight is 252 g/mol. The van der Waals surface area contributed by atoms with Crippen LogP contribution in [0.1, 0.15) is 18.9 Å². The number of β-amino-alcohol motifs (C(OH)–C–C–N with tert-alkyl or cyclic N) is 1. The van der Waals surface area contributed by atoms with E-state index in [-0.39, 0.29) is 0 Å². The van der Waals surface area contributed by atoms with Crippen molar-refractivity contribution in [3.63, 3.8) is 0 Å². The number of pyridine rings is 1. The van der Waals surface area contributed by atoms with Crippen LogP contribution in [0, 0.1) is 0 Å². The number of hydrogen-bond donors (Lipinski definition) is 2. The summed E-state index contributed by atoms with van der Waals surface area (Å²) in [5, 5.41) is 19.7. The van der Waals surface area contributed by atoms with Crippen LogP contribution in [0.2, 0.25) is 0 Å². The number of nitrogens with zero attached hydrogens (tertiary/aromatic N) is 2. The van der Waals surface area contributed by atoms with E-state index in [0.29, 0.717) is 18.8 Å². The van der Waals surface area contributed by atoms with Crippen LogP contribution in [-0.4, -0.2) is 52.0 Å². The van der Waals surface area contributed by atoms with Gasteiger partial charge >= 0.3 is 0 Å². The highest BCUT2D eigenvalue weighted by Crippen LogP contribution is 2.23. The number of hydrogen-bond acceptors (Lipinski definition) is 5. The molecule has 100 valence electrons. The van der Waals surface area contributed by atoms with Gasteiger partial charge < -0.3 is 14.9 Å². The van der Waals surface area contributed by atoms with E-state index in [2.05, 4.69) is 9.88 Å². The minimum atomic E-state index is -0.964. The van der Waals surface area contributed by atoms with Gasteiger partial charge in [0.2, 0.25) is 5.88 Å². The summed E-state index contributed by atoms with van der Waals surface area (Å²) in [6, 6.07) is 3.79. The Hall–Kier alpha value is -1.17. The van der Waals surface area contributed by atoms with E-state index >= 15 is 0 Å². The minimum Gasteiger partial charge on any atom is -0.481 e. The largest absolute Gasteiger partial charge is 0.481 e. The van der Waals surface area contributed by atoms with Gasteiger partial charge in [-0.2, -0.15) is 0 Å². The molecule has 0 bridgehead atoms. The Labute approximate surface area is 107 Å². The second-order valence-electron chi connectivity index (χ2n) is 5.07. The topological polar surface area (TPSA) is 65.8 Å². The zero-order valence-electron chi connectivity index (χ0n) is 10.8. The first-order chi connectivity index (χ1) is 8.51. The van der Waals surface area contributed by atoms with Crippen LogP contribution in [0.25, 0.3) is 0 Å². The zero-order valence-corrected chi connectivity index (χ0v) is 10.8. The highest BCUT2D eigenvalue weighted by atomic mass is 16.5. The first-order valence-corrected chi connectivity index (χ1v) is 6.13. The SMILES string of the molecule is COc1ccc(CN2CC[C@](C)(O)[C@@H](O)C2)cn1. The third kappa shape index (κ3) is 2.98. The molecule has 5 nitrogen and oxygen atoms in total. The second-order valence-corrected chi connectivity index (χ2v) is 5.07. The highest BCUT2D eigenvalue weighted by Gasteiger charge is 2.36. The van der Waals surface area contributed by atoms with Crippen molar-refractivity contribution in [1.29, 1.82) is 0 Å². The van der Waals surface area contributed by atoms with Crippen molar-refractivity contribution in [2.45, 2.75) is 31.6 Å². The molecule has 2 heterocycles.